The van der Waals surface area contributed by atoms with E-state index in [9.17, 15) is 9.59 Å². The van der Waals surface area contributed by atoms with E-state index >= 15 is 0 Å². The number of H-pyrrole nitrogens is 1. The highest BCUT2D eigenvalue weighted by atomic mass is 16.2. The predicted octanol–water partition coefficient (Wildman–Crippen LogP) is 4.53. The fraction of sp³-hybridized carbons (Fsp3) is 0.360. The second-order valence-corrected chi connectivity index (χ2v) is 8.60. The number of anilines is 2. The number of amides is 2. The zero-order valence-corrected chi connectivity index (χ0v) is 18.4. The largest absolute Gasteiger partial charge is 0.371 e. The lowest BCUT2D eigenvalue weighted by Crippen LogP contribution is -2.35. The molecule has 0 saturated carbocycles. The molecule has 0 aliphatic carbocycles. The van der Waals surface area contributed by atoms with Crippen LogP contribution in [0.15, 0.2) is 42.5 Å². The summed E-state index contributed by atoms with van der Waals surface area (Å²) in [5, 5.41) is 6.93. The second-order valence-electron chi connectivity index (χ2n) is 8.60. The maximum absolute atomic E-state index is 12.7. The lowest BCUT2D eigenvalue weighted by molar-refractivity contribution is -0.116. The molecule has 0 radical (unpaired) electrons. The summed E-state index contributed by atoms with van der Waals surface area (Å²) in [7, 11) is 0. The first-order chi connectivity index (χ1) is 14.9. The Morgan fingerprint density at radius 1 is 1.10 bits per heavy atom. The molecule has 162 valence electrons. The van der Waals surface area contributed by atoms with E-state index in [1.807, 2.05) is 51.1 Å². The molecular formula is C25H30N4O2. The van der Waals surface area contributed by atoms with Crippen molar-refractivity contribution < 1.29 is 9.59 Å². The van der Waals surface area contributed by atoms with Gasteiger partial charge in [-0.25, -0.2) is 0 Å². The monoisotopic (exact) mass is 418 g/mol. The molecule has 3 aromatic rings. The van der Waals surface area contributed by atoms with E-state index < -0.39 is 0 Å². The number of hydrogen-bond donors (Lipinski definition) is 3. The Balaban J connectivity index is 1.34. The first-order valence-corrected chi connectivity index (χ1v) is 10.9. The summed E-state index contributed by atoms with van der Waals surface area (Å²) in [6.07, 6.45) is 2.63. The van der Waals surface area contributed by atoms with E-state index in [0.29, 0.717) is 5.69 Å². The lowest BCUT2D eigenvalue weighted by atomic mass is 10.1. The Morgan fingerprint density at radius 3 is 2.65 bits per heavy atom. The number of aromatic amines is 1. The number of carbonyl (C=O) groups is 2. The van der Waals surface area contributed by atoms with Crippen molar-refractivity contribution >= 4 is 34.1 Å². The molecule has 2 amide bonds. The van der Waals surface area contributed by atoms with E-state index in [0.717, 1.165) is 46.5 Å². The average molecular weight is 419 g/mol. The van der Waals surface area contributed by atoms with Crippen LogP contribution in [0.1, 0.15) is 47.8 Å². The van der Waals surface area contributed by atoms with Gasteiger partial charge in [-0.05, 0) is 75.1 Å². The zero-order valence-electron chi connectivity index (χ0n) is 18.4. The highest BCUT2D eigenvalue weighted by Crippen LogP contribution is 2.24. The molecule has 3 N–H and O–H groups in total. The molecule has 0 bridgehead atoms. The van der Waals surface area contributed by atoms with Crippen LogP contribution in [0.4, 0.5) is 11.4 Å². The number of fused-ring (bicyclic) bond motifs is 1. The molecule has 0 spiro atoms. The molecule has 2 aromatic carbocycles. The quantitative estimate of drug-likeness (QED) is 0.550. The van der Waals surface area contributed by atoms with Crippen molar-refractivity contribution in [3.8, 4) is 0 Å². The van der Waals surface area contributed by atoms with Crippen LogP contribution in [0.5, 0.6) is 0 Å². The fourth-order valence-electron chi connectivity index (χ4n) is 4.32. The van der Waals surface area contributed by atoms with Gasteiger partial charge >= 0.3 is 0 Å². The van der Waals surface area contributed by atoms with Crippen LogP contribution in [0.3, 0.4) is 0 Å². The van der Waals surface area contributed by atoms with Crippen LogP contribution in [0, 0.1) is 13.8 Å². The first-order valence-electron chi connectivity index (χ1n) is 10.9. The molecular weight excluding hydrogens is 388 g/mol. The molecule has 1 aliphatic heterocycles. The van der Waals surface area contributed by atoms with Gasteiger partial charge in [-0.15, -0.1) is 0 Å². The fourth-order valence-corrected chi connectivity index (χ4v) is 4.32. The van der Waals surface area contributed by atoms with Crippen molar-refractivity contribution in [3.63, 3.8) is 0 Å². The van der Waals surface area contributed by atoms with Gasteiger partial charge in [-0.1, -0.05) is 12.1 Å². The molecule has 1 aromatic heterocycles. The highest BCUT2D eigenvalue weighted by Gasteiger charge is 2.17. The van der Waals surface area contributed by atoms with Crippen LogP contribution in [0.2, 0.25) is 0 Å². The minimum atomic E-state index is -0.288. The number of benzene rings is 2. The van der Waals surface area contributed by atoms with Crippen molar-refractivity contribution in [2.45, 2.75) is 46.1 Å². The second kappa shape index (κ2) is 8.84. The van der Waals surface area contributed by atoms with Gasteiger partial charge in [0.2, 0.25) is 5.91 Å². The number of rotatable bonds is 6. The minimum Gasteiger partial charge on any atom is -0.371 e. The molecule has 1 saturated heterocycles. The molecule has 1 aliphatic rings. The maximum atomic E-state index is 12.7. The van der Waals surface area contributed by atoms with Gasteiger partial charge in [0.15, 0.2) is 0 Å². The van der Waals surface area contributed by atoms with Gasteiger partial charge in [0.25, 0.3) is 5.91 Å². The summed E-state index contributed by atoms with van der Waals surface area (Å²) >= 11 is 0. The molecule has 31 heavy (non-hydrogen) atoms. The van der Waals surface area contributed by atoms with Crippen molar-refractivity contribution in [2.24, 2.45) is 0 Å². The van der Waals surface area contributed by atoms with Crippen LogP contribution in [0.25, 0.3) is 10.9 Å². The third-order valence-electron chi connectivity index (χ3n) is 5.80. The highest BCUT2D eigenvalue weighted by molar-refractivity contribution is 5.99. The van der Waals surface area contributed by atoms with Crippen molar-refractivity contribution in [1.29, 1.82) is 0 Å². The summed E-state index contributed by atoms with van der Waals surface area (Å²) in [5.74, 6) is -0.320. The Hall–Kier alpha value is -3.28. The summed E-state index contributed by atoms with van der Waals surface area (Å²) in [4.78, 5) is 30.7. The van der Waals surface area contributed by atoms with Crippen LogP contribution < -0.4 is 15.5 Å². The number of nitrogens with one attached hydrogen (secondary N) is 3. The van der Waals surface area contributed by atoms with Gasteiger partial charge in [0.05, 0.1) is 0 Å². The van der Waals surface area contributed by atoms with Gasteiger partial charge in [0.1, 0.15) is 5.69 Å². The van der Waals surface area contributed by atoms with E-state index in [4.69, 9.17) is 0 Å². The summed E-state index contributed by atoms with van der Waals surface area (Å²) in [6.45, 7) is 8.04. The van der Waals surface area contributed by atoms with E-state index in [1.54, 1.807) is 0 Å². The third-order valence-corrected chi connectivity index (χ3v) is 5.80. The topological polar surface area (TPSA) is 77.2 Å². The average Bonchev–Trinajstić information content (AvgIpc) is 3.38. The molecule has 1 fully saturated rings. The smallest absolute Gasteiger partial charge is 0.267 e. The lowest BCUT2D eigenvalue weighted by Gasteiger charge is -2.19. The Bertz CT molecular complexity index is 1110. The Labute approximate surface area is 183 Å². The standard InChI is InChI=1S/C25H30N4O2/c1-16-11-17(2)21-15-23(28-22(21)12-16)25(31)26-18(3)13-24(30)27-19-7-6-8-20(14-19)29-9-4-5-10-29/h6-8,11-12,14-15,18,28H,4-5,9-10,13H2,1-3H3,(H,26,31)(H,27,30). The Kier molecular flexibility index (Phi) is 5.98. The Morgan fingerprint density at radius 2 is 1.87 bits per heavy atom. The van der Waals surface area contributed by atoms with E-state index in [1.165, 1.54) is 12.8 Å². The van der Waals surface area contributed by atoms with Crippen LogP contribution in [-0.4, -0.2) is 35.9 Å². The molecule has 4 rings (SSSR count). The van der Waals surface area contributed by atoms with E-state index in [2.05, 4.69) is 32.7 Å². The van der Waals surface area contributed by atoms with Crippen LogP contribution in [-0.2, 0) is 4.79 Å². The molecule has 6 heteroatoms. The molecule has 2 heterocycles. The summed E-state index contributed by atoms with van der Waals surface area (Å²) in [5.41, 5.74) is 5.67. The number of carbonyl (C=O) groups excluding carboxylic acids is 2. The van der Waals surface area contributed by atoms with Gasteiger partial charge in [0, 0.05) is 47.8 Å². The van der Waals surface area contributed by atoms with Crippen LogP contribution >= 0.6 is 0 Å². The van der Waals surface area contributed by atoms with Gasteiger partial charge in [-0.3, -0.25) is 9.59 Å². The third kappa shape index (κ3) is 4.90. The normalized spacial score (nSPS) is 14.6. The number of hydrogen-bond acceptors (Lipinski definition) is 3. The number of aryl methyl sites for hydroxylation is 2. The van der Waals surface area contributed by atoms with Gasteiger partial charge < -0.3 is 20.5 Å². The molecule has 1 atom stereocenters. The number of nitrogens with zero attached hydrogens (tertiary/aromatic N) is 1. The summed E-state index contributed by atoms with van der Waals surface area (Å²) in [6, 6.07) is 13.7. The predicted molar refractivity (Wildman–Crippen MR) is 126 cm³/mol. The zero-order chi connectivity index (χ0) is 22.0. The SMILES string of the molecule is Cc1cc(C)c2cc(C(=O)NC(C)CC(=O)Nc3cccc(N4CCCC4)c3)[nH]c2c1. The van der Waals surface area contributed by atoms with Crippen molar-refractivity contribution in [1.82, 2.24) is 10.3 Å². The first kappa shape index (κ1) is 21.0. The van der Waals surface area contributed by atoms with Gasteiger partial charge in [-0.2, -0.15) is 0 Å². The van der Waals surface area contributed by atoms with Crippen molar-refractivity contribution in [2.75, 3.05) is 23.3 Å². The summed E-state index contributed by atoms with van der Waals surface area (Å²) < 4.78 is 0. The number of aromatic nitrogens is 1. The minimum absolute atomic E-state index is 0.116. The molecule has 1 unspecified atom stereocenters. The van der Waals surface area contributed by atoms with Crippen molar-refractivity contribution in [3.05, 3.63) is 59.3 Å². The van der Waals surface area contributed by atoms with E-state index in [-0.39, 0.29) is 24.3 Å². The molecule has 6 nitrogen and oxygen atoms in total. The maximum Gasteiger partial charge on any atom is 0.267 e.